The number of ketones is 1. The lowest BCUT2D eigenvalue weighted by Crippen LogP contribution is -2.32. The largest absolute Gasteiger partial charge is 0.294 e. The Balaban J connectivity index is 1.74. The topological polar surface area (TPSA) is 34.9 Å². The molecule has 0 saturated carbocycles. The highest BCUT2D eigenvalue weighted by Crippen LogP contribution is 2.44. The Morgan fingerprint density at radius 3 is 2.71 bits per heavy atom. The molecule has 2 unspecified atom stereocenters. The highest BCUT2D eigenvalue weighted by molar-refractivity contribution is 8.00. The van der Waals surface area contributed by atoms with Crippen LogP contribution in [0.4, 0.5) is 0 Å². The van der Waals surface area contributed by atoms with Gasteiger partial charge in [0.2, 0.25) is 0 Å². The number of hydrogen-bond acceptors (Lipinski definition) is 3. The van der Waals surface area contributed by atoms with Gasteiger partial charge < -0.3 is 0 Å². The summed E-state index contributed by atoms with van der Waals surface area (Å²) >= 11 is 2.12. The molecule has 0 amide bonds. The summed E-state index contributed by atoms with van der Waals surface area (Å²) < 4.78 is 1.71. The molecular formula is C13H18N2OS. The molecule has 0 aliphatic carbocycles. The molecule has 3 heterocycles. The van der Waals surface area contributed by atoms with E-state index in [1.54, 1.807) is 10.9 Å². The van der Waals surface area contributed by atoms with E-state index in [2.05, 4.69) is 16.9 Å². The van der Waals surface area contributed by atoms with Gasteiger partial charge in [0.15, 0.2) is 5.78 Å². The van der Waals surface area contributed by atoms with Crippen LogP contribution >= 0.6 is 11.8 Å². The van der Waals surface area contributed by atoms with Crippen LogP contribution in [-0.2, 0) is 7.05 Å². The Kier molecular flexibility index (Phi) is 2.99. The zero-order valence-corrected chi connectivity index (χ0v) is 10.9. The average Bonchev–Trinajstić information content (AvgIpc) is 2.74. The van der Waals surface area contributed by atoms with Crippen molar-refractivity contribution in [2.24, 2.45) is 13.0 Å². The molecule has 0 N–H and O–H groups in total. The van der Waals surface area contributed by atoms with Crippen molar-refractivity contribution in [1.29, 1.82) is 0 Å². The molecule has 2 bridgehead atoms. The Hall–Kier alpha value is -0.770. The van der Waals surface area contributed by atoms with E-state index in [1.807, 2.05) is 13.2 Å². The second kappa shape index (κ2) is 4.48. The molecule has 2 fully saturated rings. The highest BCUT2D eigenvalue weighted by Gasteiger charge is 2.36. The zero-order chi connectivity index (χ0) is 11.8. The van der Waals surface area contributed by atoms with Crippen LogP contribution in [0.25, 0.3) is 0 Å². The van der Waals surface area contributed by atoms with Crippen molar-refractivity contribution in [2.75, 3.05) is 0 Å². The molecule has 2 aliphatic rings. The minimum absolute atomic E-state index is 0.246. The third kappa shape index (κ3) is 2.28. The minimum Gasteiger partial charge on any atom is -0.294 e. The molecule has 2 saturated heterocycles. The molecule has 2 atom stereocenters. The van der Waals surface area contributed by atoms with Gasteiger partial charge in [0.05, 0.1) is 11.8 Å². The summed E-state index contributed by atoms with van der Waals surface area (Å²) in [4.78, 5) is 12.4. The van der Waals surface area contributed by atoms with Crippen LogP contribution in [0.5, 0.6) is 0 Å². The second-order valence-electron chi connectivity index (χ2n) is 5.25. The summed E-state index contributed by atoms with van der Waals surface area (Å²) in [6.07, 6.45) is 9.68. The van der Waals surface area contributed by atoms with E-state index in [9.17, 15) is 4.79 Å². The monoisotopic (exact) mass is 250 g/mol. The van der Waals surface area contributed by atoms with Crippen molar-refractivity contribution in [3.8, 4) is 0 Å². The van der Waals surface area contributed by atoms with Crippen molar-refractivity contribution in [3.63, 3.8) is 0 Å². The van der Waals surface area contributed by atoms with Gasteiger partial charge in [0.1, 0.15) is 0 Å². The number of carbonyl (C=O) groups excluding carboxylic acids is 1. The third-order valence-corrected chi connectivity index (χ3v) is 5.52. The first kappa shape index (κ1) is 11.3. The van der Waals surface area contributed by atoms with Crippen molar-refractivity contribution >= 4 is 17.5 Å². The van der Waals surface area contributed by atoms with Crippen LogP contribution in [0.15, 0.2) is 12.4 Å². The third-order valence-electron chi connectivity index (χ3n) is 3.89. The van der Waals surface area contributed by atoms with Crippen molar-refractivity contribution < 1.29 is 4.79 Å². The molecule has 92 valence electrons. The summed E-state index contributed by atoms with van der Waals surface area (Å²) in [6.45, 7) is 0. The Labute approximate surface area is 106 Å². The maximum atomic E-state index is 12.4. The van der Waals surface area contributed by atoms with Crippen molar-refractivity contribution in [3.05, 3.63) is 18.0 Å². The van der Waals surface area contributed by atoms with Gasteiger partial charge in [0, 0.05) is 29.7 Å². The normalized spacial score (nSPS) is 32.4. The van der Waals surface area contributed by atoms with E-state index in [-0.39, 0.29) is 5.92 Å². The predicted molar refractivity (Wildman–Crippen MR) is 69.3 cm³/mol. The average molecular weight is 250 g/mol. The second-order valence-corrected chi connectivity index (χ2v) is 6.85. The first-order valence-electron chi connectivity index (χ1n) is 6.40. The van der Waals surface area contributed by atoms with Gasteiger partial charge >= 0.3 is 0 Å². The summed E-state index contributed by atoms with van der Waals surface area (Å²) in [6, 6.07) is 0. The number of thioether (sulfide) groups is 1. The Morgan fingerprint density at radius 2 is 2.12 bits per heavy atom. The molecule has 0 radical (unpaired) electrons. The summed E-state index contributed by atoms with van der Waals surface area (Å²) in [5.41, 5.74) is 0.794. The molecule has 17 heavy (non-hydrogen) atoms. The molecule has 1 aromatic heterocycles. The molecule has 0 spiro atoms. The fraction of sp³-hybridized carbons (Fsp3) is 0.692. The lowest BCUT2D eigenvalue weighted by molar-refractivity contribution is 0.0896. The van der Waals surface area contributed by atoms with Crippen LogP contribution in [0, 0.1) is 5.92 Å². The van der Waals surface area contributed by atoms with Gasteiger partial charge in [-0.2, -0.15) is 16.9 Å². The number of carbonyl (C=O) groups is 1. The summed E-state index contributed by atoms with van der Waals surface area (Å²) in [7, 11) is 1.86. The molecule has 3 rings (SSSR count). The van der Waals surface area contributed by atoms with Crippen molar-refractivity contribution in [2.45, 2.75) is 42.6 Å². The molecular weight excluding hydrogens is 232 g/mol. The van der Waals surface area contributed by atoms with Gasteiger partial charge in [-0.3, -0.25) is 9.48 Å². The zero-order valence-electron chi connectivity index (χ0n) is 10.1. The van der Waals surface area contributed by atoms with Gasteiger partial charge in [0.25, 0.3) is 0 Å². The number of fused-ring (bicyclic) bond motifs is 2. The quantitative estimate of drug-likeness (QED) is 0.757. The Bertz CT molecular complexity index is 417. The van der Waals surface area contributed by atoms with Gasteiger partial charge in [-0.25, -0.2) is 0 Å². The maximum Gasteiger partial charge on any atom is 0.169 e. The number of aryl methyl sites for hydroxylation is 1. The van der Waals surface area contributed by atoms with Crippen LogP contribution < -0.4 is 0 Å². The fourth-order valence-corrected chi connectivity index (χ4v) is 4.89. The first-order valence-corrected chi connectivity index (χ1v) is 7.35. The van der Waals surface area contributed by atoms with E-state index in [1.165, 1.54) is 19.3 Å². The van der Waals surface area contributed by atoms with E-state index >= 15 is 0 Å². The number of rotatable bonds is 2. The standard InChI is InChI=1S/C13H18N2OS/c1-15-8-10(7-14-15)13(16)9-5-11-3-2-4-12(6-9)17-11/h7-9,11-12H,2-6H2,1H3. The SMILES string of the molecule is Cn1cc(C(=O)C2CC3CCCC(C2)S3)cn1. The van der Waals surface area contributed by atoms with E-state index < -0.39 is 0 Å². The smallest absolute Gasteiger partial charge is 0.169 e. The fourth-order valence-electron chi connectivity index (χ4n) is 3.06. The number of Topliss-reactive ketones (excluding diaryl/α,β-unsaturated/α-hetero) is 1. The number of nitrogens with zero attached hydrogens (tertiary/aromatic N) is 2. The maximum absolute atomic E-state index is 12.4. The van der Waals surface area contributed by atoms with E-state index in [0.717, 1.165) is 28.9 Å². The molecule has 4 heteroatoms. The van der Waals surface area contributed by atoms with Crippen LogP contribution in [-0.4, -0.2) is 26.1 Å². The van der Waals surface area contributed by atoms with E-state index in [0.29, 0.717) is 5.78 Å². The van der Waals surface area contributed by atoms with Crippen molar-refractivity contribution in [1.82, 2.24) is 9.78 Å². The number of hydrogen-bond donors (Lipinski definition) is 0. The summed E-state index contributed by atoms with van der Waals surface area (Å²) in [5.74, 6) is 0.561. The Morgan fingerprint density at radius 1 is 1.41 bits per heavy atom. The molecule has 0 aromatic carbocycles. The van der Waals surface area contributed by atoms with E-state index in [4.69, 9.17) is 0 Å². The van der Waals surface area contributed by atoms with Crippen LogP contribution in [0.3, 0.4) is 0 Å². The van der Waals surface area contributed by atoms with Gasteiger partial charge in [-0.15, -0.1) is 0 Å². The minimum atomic E-state index is 0.246. The lowest BCUT2D eigenvalue weighted by atomic mass is 9.85. The lowest BCUT2D eigenvalue weighted by Gasteiger charge is -2.37. The number of aromatic nitrogens is 2. The molecule has 3 nitrogen and oxygen atoms in total. The molecule has 2 aliphatic heterocycles. The van der Waals surface area contributed by atoms with Crippen LogP contribution in [0.1, 0.15) is 42.5 Å². The molecule has 1 aromatic rings. The van der Waals surface area contributed by atoms with Gasteiger partial charge in [-0.05, 0) is 25.7 Å². The highest BCUT2D eigenvalue weighted by atomic mass is 32.2. The predicted octanol–water partition coefficient (Wildman–Crippen LogP) is 2.67. The van der Waals surface area contributed by atoms with Gasteiger partial charge in [-0.1, -0.05) is 6.42 Å². The van der Waals surface area contributed by atoms with Crippen LogP contribution in [0.2, 0.25) is 0 Å². The summed E-state index contributed by atoms with van der Waals surface area (Å²) in [5, 5.41) is 5.55. The first-order chi connectivity index (χ1) is 8.22.